The highest BCUT2D eigenvalue weighted by atomic mass is 16.6. The molecule has 0 spiro atoms. The molecule has 7 nitrogen and oxygen atoms in total. The summed E-state index contributed by atoms with van der Waals surface area (Å²) in [6.07, 6.45) is 7.98. The van der Waals surface area contributed by atoms with Gasteiger partial charge in [0.1, 0.15) is 23.7 Å². The number of methoxy groups -OCH3 is 5. The van der Waals surface area contributed by atoms with Gasteiger partial charge < -0.3 is 33.7 Å². The van der Waals surface area contributed by atoms with E-state index in [2.05, 4.69) is 5.32 Å². The van der Waals surface area contributed by atoms with Crippen LogP contribution in [0.4, 0.5) is 5.69 Å². The zero-order valence-corrected chi connectivity index (χ0v) is 21.1. The Balaban J connectivity index is 1.44. The number of hydrogen-bond acceptors (Lipinski definition) is 7. The molecule has 0 amide bonds. The fourth-order valence-corrected chi connectivity index (χ4v) is 3.90. The van der Waals surface area contributed by atoms with E-state index < -0.39 is 0 Å². The van der Waals surface area contributed by atoms with E-state index in [4.69, 9.17) is 28.4 Å². The van der Waals surface area contributed by atoms with E-state index in [-0.39, 0.29) is 12.2 Å². The van der Waals surface area contributed by atoms with Crippen LogP contribution < -0.4 is 29.0 Å². The molecular weight excluding hydrogens is 458 g/mol. The smallest absolute Gasteiger partial charge is 0.203 e. The van der Waals surface area contributed by atoms with E-state index in [1.165, 1.54) is 0 Å². The number of benzene rings is 3. The summed E-state index contributed by atoms with van der Waals surface area (Å²) in [7, 11) is 8.10. The molecule has 7 heteroatoms. The second kappa shape index (κ2) is 11.6. The molecule has 0 aromatic heterocycles. The highest BCUT2D eigenvalue weighted by Gasteiger charge is 2.37. The van der Waals surface area contributed by atoms with Crippen LogP contribution >= 0.6 is 0 Å². The second-order valence-electron chi connectivity index (χ2n) is 8.05. The molecule has 1 aliphatic rings. The van der Waals surface area contributed by atoms with Crippen molar-refractivity contribution in [1.29, 1.82) is 0 Å². The Hall–Kier alpha value is -4.10. The van der Waals surface area contributed by atoms with Gasteiger partial charge in [-0.05, 0) is 65.4 Å². The van der Waals surface area contributed by atoms with Crippen molar-refractivity contribution in [2.24, 2.45) is 0 Å². The van der Waals surface area contributed by atoms with Crippen LogP contribution in [-0.4, -0.2) is 41.7 Å². The molecule has 1 N–H and O–H groups in total. The molecule has 0 radical (unpaired) electrons. The van der Waals surface area contributed by atoms with Crippen molar-refractivity contribution < 1.29 is 28.4 Å². The van der Waals surface area contributed by atoms with Crippen LogP contribution in [0.25, 0.3) is 12.2 Å². The first-order valence-electron chi connectivity index (χ1n) is 11.5. The van der Waals surface area contributed by atoms with Crippen molar-refractivity contribution in [3.63, 3.8) is 0 Å². The highest BCUT2D eigenvalue weighted by molar-refractivity contribution is 5.75. The van der Waals surface area contributed by atoms with Gasteiger partial charge >= 0.3 is 0 Å². The Kier molecular flexibility index (Phi) is 8.02. The maximum absolute atomic E-state index is 5.80. The SMILES string of the molecule is COc1ccc(C2OC2/C=C\Nc2cc(/C=C\c3cc(OC)c(OC)c(OC)c3)ccc2OC)cc1. The minimum atomic E-state index is 0.0278. The standard InChI is InChI=1S/C29H31NO6/c1-31-22-11-9-21(10-12-22)28-25(36-28)14-15-30-23-16-19(8-13-24(23)32-2)6-7-20-17-26(33-3)29(35-5)27(18-20)34-4/h6-18,25,28,30H,1-5H3/b7-6-,15-14-. The van der Waals surface area contributed by atoms with Crippen LogP contribution in [0.1, 0.15) is 22.8 Å². The predicted octanol–water partition coefficient (Wildman–Crippen LogP) is 5.97. The molecule has 0 saturated carbocycles. The number of epoxide rings is 1. The number of nitrogens with one attached hydrogen (secondary N) is 1. The lowest BCUT2D eigenvalue weighted by atomic mass is 10.1. The maximum Gasteiger partial charge on any atom is 0.203 e. The average molecular weight is 490 g/mol. The van der Waals surface area contributed by atoms with E-state index in [0.29, 0.717) is 17.2 Å². The van der Waals surface area contributed by atoms with Gasteiger partial charge in [-0.3, -0.25) is 0 Å². The van der Waals surface area contributed by atoms with Crippen LogP contribution in [-0.2, 0) is 4.74 Å². The van der Waals surface area contributed by atoms with Gasteiger partial charge in [0, 0.05) is 0 Å². The lowest BCUT2D eigenvalue weighted by Gasteiger charge is -2.13. The summed E-state index contributed by atoms with van der Waals surface area (Å²) in [5.41, 5.74) is 3.90. The zero-order chi connectivity index (χ0) is 25.5. The van der Waals surface area contributed by atoms with Gasteiger partial charge in [0.2, 0.25) is 5.75 Å². The molecule has 3 aromatic rings. The average Bonchev–Trinajstić information content (AvgIpc) is 3.70. The summed E-state index contributed by atoms with van der Waals surface area (Å²) in [6.45, 7) is 0. The third-order valence-electron chi connectivity index (χ3n) is 5.87. The summed E-state index contributed by atoms with van der Waals surface area (Å²) in [5, 5.41) is 3.32. The molecule has 188 valence electrons. The van der Waals surface area contributed by atoms with Gasteiger partial charge in [0.15, 0.2) is 11.5 Å². The summed E-state index contributed by atoms with van der Waals surface area (Å²) in [6, 6.07) is 17.7. The van der Waals surface area contributed by atoms with Gasteiger partial charge in [0.25, 0.3) is 0 Å². The Bertz CT molecular complexity index is 1210. The fourth-order valence-electron chi connectivity index (χ4n) is 3.90. The minimum absolute atomic E-state index is 0.0278. The van der Waals surface area contributed by atoms with Crippen molar-refractivity contribution in [1.82, 2.24) is 0 Å². The van der Waals surface area contributed by atoms with Crippen LogP contribution in [0, 0.1) is 0 Å². The van der Waals surface area contributed by atoms with Crippen LogP contribution in [0.15, 0.2) is 66.9 Å². The minimum Gasteiger partial charge on any atom is -0.497 e. The van der Waals surface area contributed by atoms with Crippen LogP contribution in [0.2, 0.25) is 0 Å². The molecule has 2 unspecified atom stereocenters. The van der Waals surface area contributed by atoms with Crippen LogP contribution in [0.3, 0.4) is 0 Å². The molecule has 2 atom stereocenters. The fraction of sp³-hybridized carbons (Fsp3) is 0.241. The zero-order valence-electron chi connectivity index (χ0n) is 21.1. The highest BCUT2D eigenvalue weighted by Crippen LogP contribution is 2.40. The van der Waals surface area contributed by atoms with E-state index in [1.807, 2.05) is 79.0 Å². The Labute approximate surface area is 211 Å². The summed E-state index contributed by atoms with van der Waals surface area (Å²) in [4.78, 5) is 0. The van der Waals surface area contributed by atoms with Crippen molar-refractivity contribution >= 4 is 17.8 Å². The third-order valence-corrected chi connectivity index (χ3v) is 5.87. The Morgan fingerprint density at radius 1 is 0.694 bits per heavy atom. The van der Waals surface area contributed by atoms with E-state index in [9.17, 15) is 0 Å². The first kappa shape index (κ1) is 25.0. The predicted molar refractivity (Wildman–Crippen MR) is 141 cm³/mol. The lowest BCUT2D eigenvalue weighted by Crippen LogP contribution is -1.95. The molecule has 1 saturated heterocycles. The monoisotopic (exact) mass is 489 g/mol. The molecular formula is C29H31NO6. The van der Waals surface area contributed by atoms with Crippen molar-refractivity contribution in [2.75, 3.05) is 40.9 Å². The molecule has 0 bridgehead atoms. The number of rotatable bonds is 11. The molecule has 0 aliphatic carbocycles. The number of hydrogen-bond donors (Lipinski definition) is 1. The van der Waals surface area contributed by atoms with E-state index in [1.54, 1.807) is 35.5 Å². The van der Waals surface area contributed by atoms with Gasteiger partial charge in [-0.2, -0.15) is 0 Å². The topological polar surface area (TPSA) is 70.7 Å². The van der Waals surface area contributed by atoms with Crippen molar-refractivity contribution in [3.8, 4) is 28.7 Å². The van der Waals surface area contributed by atoms with Crippen LogP contribution in [0.5, 0.6) is 28.7 Å². The van der Waals surface area contributed by atoms with E-state index in [0.717, 1.165) is 33.9 Å². The summed E-state index contributed by atoms with van der Waals surface area (Å²) in [5.74, 6) is 3.35. The first-order valence-corrected chi connectivity index (χ1v) is 11.5. The Morgan fingerprint density at radius 3 is 1.97 bits per heavy atom. The van der Waals surface area contributed by atoms with Crippen molar-refractivity contribution in [2.45, 2.75) is 12.2 Å². The first-order chi connectivity index (χ1) is 17.6. The largest absolute Gasteiger partial charge is 0.497 e. The molecule has 36 heavy (non-hydrogen) atoms. The van der Waals surface area contributed by atoms with E-state index >= 15 is 0 Å². The lowest BCUT2D eigenvalue weighted by molar-refractivity contribution is 0.324. The molecule has 3 aromatic carbocycles. The molecule has 4 rings (SSSR count). The normalized spacial score (nSPS) is 16.7. The number of ether oxygens (including phenoxy) is 6. The summed E-state index contributed by atoms with van der Waals surface area (Å²) < 4.78 is 32.8. The van der Waals surface area contributed by atoms with Gasteiger partial charge in [-0.15, -0.1) is 0 Å². The summed E-state index contributed by atoms with van der Waals surface area (Å²) >= 11 is 0. The molecule has 1 aliphatic heterocycles. The maximum atomic E-state index is 5.80. The second-order valence-corrected chi connectivity index (χ2v) is 8.05. The molecule has 1 heterocycles. The van der Waals surface area contributed by atoms with Gasteiger partial charge in [-0.25, -0.2) is 0 Å². The van der Waals surface area contributed by atoms with Gasteiger partial charge in [-0.1, -0.05) is 30.4 Å². The van der Waals surface area contributed by atoms with Gasteiger partial charge in [0.05, 0.1) is 41.2 Å². The number of anilines is 1. The quantitative estimate of drug-likeness (QED) is 0.263. The van der Waals surface area contributed by atoms with Crippen molar-refractivity contribution in [3.05, 3.63) is 83.6 Å². The molecule has 1 fully saturated rings. The third kappa shape index (κ3) is 5.75. The Morgan fingerprint density at radius 2 is 1.36 bits per heavy atom.